The third kappa shape index (κ3) is 3.91. The second-order valence-electron chi connectivity index (χ2n) is 7.46. The molecule has 1 fully saturated rings. The van der Waals surface area contributed by atoms with Crippen LogP contribution in [-0.4, -0.2) is 30.2 Å². The number of rotatable bonds is 6. The Morgan fingerprint density at radius 2 is 1.74 bits per heavy atom. The van der Waals surface area contributed by atoms with Crippen LogP contribution in [0.25, 0.3) is 0 Å². The van der Waals surface area contributed by atoms with E-state index in [0.717, 1.165) is 11.1 Å². The highest BCUT2D eigenvalue weighted by Crippen LogP contribution is 2.42. The zero-order chi connectivity index (χ0) is 21.4. The lowest BCUT2D eigenvalue weighted by Gasteiger charge is -2.47. The van der Waals surface area contributed by atoms with E-state index in [1.54, 1.807) is 41.3 Å². The van der Waals surface area contributed by atoms with Crippen LogP contribution in [0.5, 0.6) is 17.2 Å². The summed E-state index contributed by atoms with van der Waals surface area (Å²) in [6, 6.07) is 18.6. The van der Waals surface area contributed by atoms with Crippen LogP contribution in [0.3, 0.4) is 0 Å². The zero-order valence-electron chi connectivity index (χ0n) is 16.5. The molecule has 2 atom stereocenters. The quantitative estimate of drug-likeness (QED) is 0.518. The lowest BCUT2D eigenvalue weighted by atomic mass is 9.89. The van der Waals surface area contributed by atoms with Gasteiger partial charge in [-0.25, -0.2) is 4.39 Å². The summed E-state index contributed by atoms with van der Waals surface area (Å²) in [5.74, 6) is 1.54. The number of fused-ring (bicyclic) bond motifs is 1. The molecular formula is C24H19ClFNO4. The second kappa shape index (κ2) is 8.12. The molecule has 1 amide bonds. The Morgan fingerprint density at radius 3 is 2.52 bits per heavy atom. The molecule has 31 heavy (non-hydrogen) atoms. The van der Waals surface area contributed by atoms with Crippen LogP contribution in [0, 0.1) is 5.82 Å². The predicted octanol–water partition coefficient (Wildman–Crippen LogP) is 4.78. The molecule has 0 aliphatic carbocycles. The maximum absolute atomic E-state index is 13.2. The van der Waals surface area contributed by atoms with Crippen LogP contribution >= 0.6 is 11.6 Å². The van der Waals surface area contributed by atoms with Crippen LogP contribution in [0.1, 0.15) is 17.2 Å². The first-order valence-corrected chi connectivity index (χ1v) is 10.3. The normalized spacial score (nSPS) is 19.3. The van der Waals surface area contributed by atoms with E-state index in [0.29, 0.717) is 35.2 Å². The van der Waals surface area contributed by atoms with Crippen molar-refractivity contribution in [2.24, 2.45) is 0 Å². The van der Waals surface area contributed by atoms with Crippen LogP contribution in [-0.2, 0) is 11.2 Å². The molecule has 0 unspecified atom stereocenters. The van der Waals surface area contributed by atoms with Crippen molar-refractivity contribution >= 4 is 17.5 Å². The fourth-order valence-corrected chi connectivity index (χ4v) is 4.02. The number of likely N-dealkylation sites (tertiary alicyclic amines) is 1. The SMILES string of the molecule is O=C1[C@H](Oc2ccc(Cl)cc2)[C@@H](c2ccc3c(c2)OCO3)N1CCc1ccc(F)cc1. The van der Waals surface area contributed by atoms with Crippen molar-refractivity contribution < 1.29 is 23.4 Å². The van der Waals surface area contributed by atoms with Crippen molar-refractivity contribution in [2.75, 3.05) is 13.3 Å². The number of hydrogen-bond donors (Lipinski definition) is 0. The highest BCUT2D eigenvalue weighted by molar-refractivity contribution is 6.30. The second-order valence-corrected chi connectivity index (χ2v) is 7.89. The highest BCUT2D eigenvalue weighted by atomic mass is 35.5. The minimum absolute atomic E-state index is 0.0975. The van der Waals surface area contributed by atoms with Gasteiger partial charge in [0.05, 0.1) is 0 Å². The van der Waals surface area contributed by atoms with E-state index in [4.69, 9.17) is 25.8 Å². The molecule has 2 heterocycles. The van der Waals surface area contributed by atoms with Gasteiger partial charge in [0.25, 0.3) is 5.91 Å². The summed E-state index contributed by atoms with van der Waals surface area (Å²) in [5, 5.41) is 0.598. The monoisotopic (exact) mass is 439 g/mol. The molecule has 0 bridgehead atoms. The number of hydrogen-bond acceptors (Lipinski definition) is 4. The van der Waals surface area contributed by atoms with Gasteiger partial charge in [-0.05, 0) is 66.1 Å². The molecule has 7 heteroatoms. The molecule has 3 aromatic rings. The molecule has 158 valence electrons. The summed E-state index contributed by atoms with van der Waals surface area (Å²) >= 11 is 5.96. The van der Waals surface area contributed by atoms with Gasteiger partial charge in [-0.15, -0.1) is 0 Å². The van der Waals surface area contributed by atoms with Gasteiger partial charge in [-0.2, -0.15) is 0 Å². The molecule has 0 spiro atoms. The summed E-state index contributed by atoms with van der Waals surface area (Å²) in [6.45, 7) is 0.672. The van der Waals surface area contributed by atoms with Gasteiger partial charge in [-0.3, -0.25) is 4.79 Å². The van der Waals surface area contributed by atoms with E-state index in [1.807, 2.05) is 18.2 Å². The molecule has 2 aliphatic heterocycles. The Morgan fingerprint density at radius 1 is 1.00 bits per heavy atom. The molecule has 0 radical (unpaired) electrons. The van der Waals surface area contributed by atoms with Crippen molar-refractivity contribution in [3.05, 3.63) is 88.7 Å². The van der Waals surface area contributed by atoms with Gasteiger partial charge in [0, 0.05) is 11.6 Å². The molecule has 1 saturated heterocycles. The molecule has 5 rings (SSSR count). The molecule has 0 aromatic heterocycles. The molecular weight excluding hydrogens is 421 g/mol. The van der Waals surface area contributed by atoms with Gasteiger partial charge in [0.15, 0.2) is 11.5 Å². The van der Waals surface area contributed by atoms with Crippen LogP contribution in [0.15, 0.2) is 66.7 Å². The predicted molar refractivity (Wildman–Crippen MR) is 113 cm³/mol. The van der Waals surface area contributed by atoms with Crippen molar-refractivity contribution in [3.63, 3.8) is 0 Å². The summed E-state index contributed by atoms with van der Waals surface area (Å²) in [4.78, 5) is 14.8. The fraction of sp³-hybridized carbons (Fsp3) is 0.208. The van der Waals surface area contributed by atoms with E-state index < -0.39 is 6.10 Å². The Balaban J connectivity index is 1.39. The van der Waals surface area contributed by atoms with Gasteiger partial charge >= 0.3 is 0 Å². The first-order chi connectivity index (χ1) is 15.1. The van der Waals surface area contributed by atoms with Crippen LogP contribution in [0.4, 0.5) is 4.39 Å². The Labute approximate surface area is 183 Å². The van der Waals surface area contributed by atoms with Crippen LogP contribution in [0.2, 0.25) is 5.02 Å². The smallest absolute Gasteiger partial charge is 0.266 e. The van der Waals surface area contributed by atoms with Crippen molar-refractivity contribution in [2.45, 2.75) is 18.6 Å². The summed E-state index contributed by atoms with van der Waals surface area (Å²) in [6.07, 6.45) is -0.0458. The summed E-state index contributed by atoms with van der Waals surface area (Å²) in [5.41, 5.74) is 1.86. The average Bonchev–Trinajstić information content (AvgIpc) is 3.25. The third-order valence-electron chi connectivity index (χ3n) is 5.52. The number of halogens is 2. The molecule has 3 aromatic carbocycles. The maximum atomic E-state index is 13.2. The largest absolute Gasteiger partial charge is 0.478 e. The van der Waals surface area contributed by atoms with Crippen molar-refractivity contribution in [3.8, 4) is 17.2 Å². The van der Waals surface area contributed by atoms with Crippen molar-refractivity contribution in [1.82, 2.24) is 4.90 Å². The standard InChI is InChI=1S/C24H19ClFNO4/c25-17-4-8-19(9-5-17)31-23-22(16-3-10-20-21(13-16)30-14-29-20)27(24(23)28)12-11-15-1-6-18(26)7-2-15/h1-10,13,22-23H,11-12,14H2/t22-,23-/m1/s1. The van der Waals surface area contributed by atoms with Gasteiger partial charge < -0.3 is 19.1 Å². The molecule has 0 N–H and O–H groups in total. The minimum atomic E-state index is -0.658. The number of β-lactam (4-membered cyclic amide) rings is 1. The molecule has 5 nitrogen and oxygen atoms in total. The zero-order valence-corrected chi connectivity index (χ0v) is 17.2. The number of carbonyl (C=O) groups excluding carboxylic acids is 1. The Bertz CT molecular complexity index is 1100. The lowest BCUT2D eigenvalue weighted by Crippen LogP contribution is -2.61. The average molecular weight is 440 g/mol. The third-order valence-corrected chi connectivity index (χ3v) is 5.77. The van der Waals surface area contributed by atoms with Gasteiger partial charge in [0.2, 0.25) is 12.9 Å². The minimum Gasteiger partial charge on any atom is -0.478 e. The van der Waals surface area contributed by atoms with Gasteiger partial charge in [0.1, 0.15) is 17.6 Å². The van der Waals surface area contributed by atoms with Crippen molar-refractivity contribution in [1.29, 1.82) is 0 Å². The van der Waals surface area contributed by atoms with E-state index in [-0.39, 0.29) is 24.6 Å². The number of ether oxygens (including phenoxy) is 3. The Hall–Kier alpha value is -3.25. The Kier molecular flexibility index (Phi) is 5.16. The van der Waals surface area contributed by atoms with E-state index in [2.05, 4.69) is 0 Å². The lowest BCUT2D eigenvalue weighted by molar-refractivity contribution is -0.164. The number of carbonyl (C=O) groups is 1. The fourth-order valence-electron chi connectivity index (χ4n) is 3.89. The number of amides is 1. The first-order valence-electron chi connectivity index (χ1n) is 9.95. The number of nitrogens with zero attached hydrogens (tertiary/aromatic N) is 1. The summed E-state index contributed by atoms with van der Waals surface area (Å²) < 4.78 is 30.1. The van der Waals surface area contributed by atoms with E-state index >= 15 is 0 Å². The summed E-state index contributed by atoms with van der Waals surface area (Å²) in [7, 11) is 0. The topological polar surface area (TPSA) is 48.0 Å². The molecule has 2 aliphatic rings. The highest BCUT2D eigenvalue weighted by Gasteiger charge is 2.50. The van der Waals surface area contributed by atoms with E-state index in [9.17, 15) is 9.18 Å². The number of benzene rings is 3. The molecule has 0 saturated carbocycles. The van der Waals surface area contributed by atoms with E-state index in [1.165, 1.54) is 12.1 Å². The first kappa shape index (κ1) is 19.7. The maximum Gasteiger partial charge on any atom is 0.266 e. The van der Waals surface area contributed by atoms with Crippen LogP contribution < -0.4 is 14.2 Å². The van der Waals surface area contributed by atoms with Gasteiger partial charge in [-0.1, -0.05) is 29.8 Å².